The number of hydrogen-bond acceptors (Lipinski definition) is 7. The molecule has 0 saturated carbocycles. The Bertz CT molecular complexity index is 1720. The predicted octanol–water partition coefficient (Wildman–Crippen LogP) is 5.30. The van der Waals surface area contributed by atoms with Gasteiger partial charge in [0.25, 0.3) is 21.5 Å². The van der Waals surface area contributed by atoms with E-state index in [0.717, 1.165) is 22.8 Å². The summed E-state index contributed by atoms with van der Waals surface area (Å²) in [5, 5.41) is 0. The van der Waals surface area contributed by atoms with Gasteiger partial charge in [-0.1, -0.05) is 17.7 Å². The molecular weight excluding hydrogens is 525 g/mol. The van der Waals surface area contributed by atoms with Crippen LogP contribution < -0.4 is 19.8 Å². The lowest BCUT2D eigenvalue weighted by atomic mass is 10.1. The second-order valence-electron chi connectivity index (χ2n) is 8.76. The molecule has 0 radical (unpaired) electrons. The number of benzene rings is 2. The van der Waals surface area contributed by atoms with Crippen molar-refractivity contribution in [3.05, 3.63) is 99.2 Å². The first-order valence-corrected chi connectivity index (χ1v) is 13.4. The highest BCUT2D eigenvalue weighted by molar-refractivity contribution is 7.90. The number of sulfonamides is 1. The van der Waals surface area contributed by atoms with Gasteiger partial charge in [-0.05, 0) is 81.3 Å². The molecule has 0 fully saturated rings. The maximum atomic E-state index is 14.2. The highest BCUT2D eigenvalue weighted by Gasteiger charge is 2.25. The van der Waals surface area contributed by atoms with Gasteiger partial charge >= 0.3 is 0 Å². The van der Waals surface area contributed by atoms with Gasteiger partial charge in [-0.25, -0.2) is 22.5 Å². The second kappa shape index (κ2) is 11.1. The van der Waals surface area contributed by atoms with Gasteiger partial charge in [0.15, 0.2) is 16.5 Å². The second-order valence-corrected chi connectivity index (χ2v) is 10.4. The molecule has 9 nitrogen and oxygen atoms in total. The fraction of sp³-hybridized carbons (Fsp3) is 0.179. The number of aromatic nitrogens is 2. The van der Waals surface area contributed by atoms with Crippen molar-refractivity contribution in [2.45, 2.75) is 32.6 Å². The number of nitrogens with one attached hydrogen (secondary N) is 2. The number of amides is 1. The van der Waals surface area contributed by atoms with E-state index in [2.05, 4.69) is 9.97 Å². The number of aromatic amines is 1. The average Bonchev–Trinajstić information content (AvgIpc) is 2.87. The van der Waals surface area contributed by atoms with Gasteiger partial charge in [-0.15, -0.1) is 0 Å². The van der Waals surface area contributed by atoms with Gasteiger partial charge in [0, 0.05) is 14.6 Å². The third kappa shape index (κ3) is 5.99. The van der Waals surface area contributed by atoms with E-state index in [1.165, 1.54) is 42.6 Å². The lowest BCUT2D eigenvalue weighted by Crippen LogP contribution is -2.34. The summed E-state index contributed by atoms with van der Waals surface area (Å²) in [5.74, 6) is -1.30. The third-order valence-electron chi connectivity index (χ3n) is 5.73. The van der Waals surface area contributed by atoms with Crippen LogP contribution in [0.1, 0.15) is 36.8 Å². The molecule has 0 aliphatic carbocycles. The number of nitrogens with zero attached hydrogens (tertiary/aromatic N) is 1. The van der Waals surface area contributed by atoms with Crippen LogP contribution in [0.25, 0.3) is 11.3 Å². The number of aryl methyl sites for hydroxylation is 3. The van der Waals surface area contributed by atoms with Crippen molar-refractivity contribution in [3.63, 3.8) is 0 Å². The first-order chi connectivity index (χ1) is 18.5. The average molecular weight is 556 g/mol. The summed E-state index contributed by atoms with van der Waals surface area (Å²) < 4.78 is 53.1. The largest absolute Gasteiger partial charge is 0.491 e. The van der Waals surface area contributed by atoms with E-state index < -0.39 is 32.2 Å². The zero-order valence-corrected chi connectivity index (χ0v) is 22.5. The standard InChI is InChI=1S/C28H26FN3O6S.2H2/c1-5-37-23-15-19(8-10-21(23)29)22-11-9-20(26(33)32-39(35,36)24-7-6-12-30-27(24)34)28(31-22)38-25-17(3)13-16(2)14-18(25)4;;/h6-15H,5H2,1-4H3,(H,30,34)(H,32,33);2*1H. The summed E-state index contributed by atoms with van der Waals surface area (Å²) in [7, 11) is -4.51. The normalized spacial score (nSPS) is 11.2. The predicted molar refractivity (Wildman–Crippen MR) is 147 cm³/mol. The Morgan fingerprint density at radius 3 is 2.46 bits per heavy atom. The first-order valence-electron chi connectivity index (χ1n) is 11.9. The molecule has 0 atom stereocenters. The van der Waals surface area contributed by atoms with Crippen molar-refractivity contribution in [1.29, 1.82) is 0 Å². The minimum Gasteiger partial charge on any atom is -0.491 e. The molecule has 39 heavy (non-hydrogen) atoms. The smallest absolute Gasteiger partial charge is 0.270 e. The summed E-state index contributed by atoms with van der Waals surface area (Å²) in [6, 6.07) is 13.2. The van der Waals surface area contributed by atoms with E-state index in [9.17, 15) is 22.4 Å². The molecular formula is C28H30FN3O6S. The summed E-state index contributed by atoms with van der Waals surface area (Å²) in [6.45, 7) is 7.58. The van der Waals surface area contributed by atoms with E-state index in [1.54, 1.807) is 6.92 Å². The first kappa shape index (κ1) is 27.5. The topological polar surface area (TPSA) is 127 Å². The molecule has 0 aliphatic rings. The molecule has 2 N–H and O–H groups in total. The van der Waals surface area contributed by atoms with Crippen molar-refractivity contribution < 1.29 is 29.9 Å². The zero-order valence-electron chi connectivity index (χ0n) is 21.7. The van der Waals surface area contributed by atoms with Crippen LogP contribution in [-0.4, -0.2) is 30.9 Å². The Balaban J connectivity index is 0.00000294. The van der Waals surface area contributed by atoms with Gasteiger partial charge in [0.05, 0.1) is 12.3 Å². The fourth-order valence-electron chi connectivity index (χ4n) is 4.05. The number of carbonyl (C=O) groups excluding carboxylic acids is 1. The summed E-state index contributed by atoms with van der Waals surface area (Å²) in [6.07, 6.45) is 1.27. The quantitative estimate of drug-likeness (QED) is 0.302. The lowest BCUT2D eigenvalue weighted by Gasteiger charge is -2.16. The van der Waals surface area contributed by atoms with Crippen LogP contribution in [0.3, 0.4) is 0 Å². The monoisotopic (exact) mass is 555 g/mol. The van der Waals surface area contributed by atoms with E-state index in [0.29, 0.717) is 17.0 Å². The van der Waals surface area contributed by atoms with Crippen molar-refractivity contribution in [3.8, 4) is 28.6 Å². The molecule has 206 valence electrons. The lowest BCUT2D eigenvalue weighted by molar-refractivity contribution is 0.0978. The molecule has 0 spiro atoms. The van der Waals surface area contributed by atoms with Crippen molar-refractivity contribution in [2.24, 2.45) is 0 Å². The number of pyridine rings is 2. The van der Waals surface area contributed by atoms with Crippen LogP contribution in [0.4, 0.5) is 4.39 Å². The maximum absolute atomic E-state index is 14.2. The summed E-state index contributed by atoms with van der Waals surface area (Å²) in [5.41, 5.74) is 2.29. The van der Waals surface area contributed by atoms with Crippen LogP contribution in [0.2, 0.25) is 0 Å². The molecule has 4 rings (SSSR count). The fourth-order valence-corrected chi connectivity index (χ4v) is 5.08. The Hall–Kier alpha value is -4.51. The van der Waals surface area contributed by atoms with Crippen molar-refractivity contribution in [1.82, 2.24) is 14.7 Å². The van der Waals surface area contributed by atoms with Gasteiger partial charge in [-0.3, -0.25) is 9.59 Å². The molecule has 11 heteroatoms. The number of ether oxygens (including phenoxy) is 2. The van der Waals surface area contributed by atoms with Crippen LogP contribution in [0.15, 0.2) is 70.5 Å². The molecule has 0 saturated heterocycles. The van der Waals surface area contributed by atoms with Crippen molar-refractivity contribution in [2.75, 3.05) is 6.61 Å². The Kier molecular flexibility index (Phi) is 7.82. The van der Waals surface area contributed by atoms with Crippen LogP contribution in [0, 0.1) is 26.6 Å². The van der Waals surface area contributed by atoms with Gasteiger partial charge in [0.2, 0.25) is 5.88 Å². The minimum atomic E-state index is -4.51. The number of halogens is 1. The van der Waals surface area contributed by atoms with Crippen LogP contribution in [-0.2, 0) is 10.0 Å². The molecule has 1 amide bonds. The number of H-pyrrole nitrogens is 1. The Labute approximate surface area is 227 Å². The van der Waals surface area contributed by atoms with Crippen LogP contribution in [0.5, 0.6) is 17.4 Å². The molecule has 2 aromatic heterocycles. The van der Waals surface area contributed by atoms with E-state index in [1.807, 2.05) is 37.6 Å². The molecule has 2 heterocycles. The van der Waals surface area contributed by atoms with E-state index in [-0.39, 0.29) is 26.7 Å². The van der Waals surface area contributed by atoms with Gasteiger partial charge in [-0.2, -0.15) is 0 Å². The van der Waals surface area contributed by atoms with E-state index >= 15 is 0 Å². The molecule has 2 aromatic carbocycles. The number of hydrogen-bond donors (Lipinski definition) is 2. The van der Waals surface area contributed by atoms with Gasteiger partial charge in [0.1, 0.15) is 11.3 Å². The third-order valence-corrected chi connectivity index (χ3v) is 7.09. The highest BCUT2D eigenvalue weighted by Crippen LogP contribution is 2.33. The van der Waals surface area contributed by atoms with Gasteiger partial charge < -0.3 is 14.5 Å². The Morgan fingerprint density at radius 2 is 1.79 bits per heavy atom. The molecule has 0 unspecified atom stereocenters. The SMILES string of the molecule is CCOc1cc(-c2ccc(C(=O)NS(=O)(=O)c3ccc[nH]c3=O)c(Oc3c(C)cc(C)cc3C)n2)ccc1F.[HH].[HH]. The molecule has 0 aliphatic heterocycles. The zero-order chi connectivity index (χ0) is 28.3. The number of rotatable bonds is 8. The maximum Gasteiger partial charge on any atom is 0.270 e. The van der Waals surface area contributed by atoms with Crippen molar-refractivity contribution >= 4 is 15.9 Å². The highest BCUT2D eigenvalue weighted by atomic mass is 32.2. The van der Waals surface area contributed by atoms with E-state index in [4.69, 9.17) is 9.47 Å². The Morgan fingerprint density at radius 1 is 1.08 bits per heavy atom. The molecule has 0 bridgehead atoms. The molecule has 4 aromatic rings. The van der Waals surface area contributed by atoms with Crippen LogP contribution >= 0.6 is 0 Å². The minimum absolute atomic E-state index is 0. The summed E-state index contributed by atoms with van der Waals surface area (Å²) in [4.78, 5) is 31.4. The number of carbonyl (C=O) groups is 1. The summed E-state index contributed by atoms with van der Waals surface area (Å²) >= 11 is 0.